The van der Waals surface area contributed by atoms with Gasteiger partial charge in [-0.3, -0.25) is 4.90 Å². The average molecular weight is 127 g/mol. The van der Waals surface area contributed by atoms with Gasteiger partial charge in [-0.2, -0.15) is 0 Å². The maximum atomic E-state index is 2.43. The summed E-state index contributed by atoms with van der Waals surface area (Å²) in [6.45, 7) is 8.40. The SMILES string of the molecule is CN1CC[N+]2(CC1)CC2. The van der Waals surface area contributed by atoms with E-state index < -0.39 is 0 Å². The van der Waals surface area contributed by atoms with Crippen LogP contribution < -0.4 is 0 Å². The number of rotatable bonds is 0. The van der Waals surface area contributed by atoms with Crippen molar-refractivity contribution in [3.63, 3.8) is 0 Å². The summed E-state index contributed by atoms with van der Waals surface area (Å²) in [6, 6.07) is 0. The van der Waals surface area contributed by atoms with Crippen molar-refractivity contribution >= 4 is 0 Å². The van der Waals surface area contributed by atoms with E-state index in [1.165, 1.54) is 43.8 Å². The summed E-state index contributed by atoms with van der Waals surface area (Å²) in [4.78, 5) is 2.43. The van der Waals surface area contributed by atoms with Crippen molar-refractivity contribution in [2.24, 2.45) is 0 Å². The molecule has 0 unspecified atom stereocenters. The molecule has 0 aromatic heterocycles. The van der Waals surface area contributed by atoms with E-state index in [1.807, 2.05) is 0 Å². The first-order valence-corrected chi connectivity index (χ1v) is 3.84. The minimum atomic E-state index is 1.32. The first-order chi connectivity index (χ1) is 4.31. The van der Waals surface area contributed by atoms with Crippen LogP contribution in [0.1, 0.15) is 0 Å². The van der Waals surface area contributed by atoms with Crippen molar-refractivity contribution in [3.05, 3.63) is 0 Å². The van der Waals surface area contributed by atoms with Crippen molar-refractivity contribution in [1.29, 1.82) is 0 Å². The second-order valence-corrected chi connectivity index (χ2v) is 3.54. The number of quaternary nitrogens is 1. The number of nitrogens with zero attached hydrogens (tertiary/aromatic N) is 2. The van der Waals surface area contributed by atoms with Gasteiger partial charge in [-0.25, -0.2) is 0 Å². The van der Waals surface area contributed by atoms with Gasteiger partial charge < -0.3 is 4.48 Å². The van der Waals surface area contributed by atoms with Crippen LogP contribution in [0.3, 0.4) is 0 Å². The fourth-order valence-corrected chi connectivity index (χ4v) is 1.58. The van der Waals surface area contributed by atoms with E-state index in [9.17, 15) is 0 Å². The Morgan fingerprint density at radius 3 is 2.00 bits per heavy atom. The Morgan fingerprint density at radius 2 is 1.56 bits per heavy atom. The first kappa shape index (κ1) is 5.69. The Hall–Kier alpha value is -0.0800. The van der Waals surface area contributed by atoms with Crippen LogP contribution in [0.2, 0.25) is 0 Å². The van der Waals surface area contributed by atoms with Gasteiger partial charge in [0, 0.05) is 13.1 Å². The molecule has 0 aromatic rings. The van der Waals surface area contributed by atoms with Crippen LogP contribution in [0, 0.1) is 0 Å². The molecule has 2 nitrogen and oxygen atoms in total. The molecule has 0 atom stereocenters. The van der Waals surface area contributed by atoms with E-state index in [0.717, 1.165) is 0 Å². The molecule has 0 aliphatic carbocycles. The Labute approximate surface area is 56.6 Å². The third-order valence-corrected chi connectivity index (χ3v) is 2.77. The molecule has 0 bridgehead atoms. The zero-order valence-corrected chi connectivity index (χ0v) is 6.14. The van der Waals surface area contributed by atoms with E-state index in [-0.39, 0.29) is 0 Å². The lowest BCUT2D eigenvalue weighted by atomic mass is 10.3. The van der Waals surface area contributed by atoms with Gasteiger partial charge in [0.25, 0.3) is 0 Å². The number of hydrogen-bond acceptors (Lipinski definition) is 1. The maximum Gasteiger partial charge on any atom is 0.129 e. The van der Waals surface area contributed by atoms with E-state index in [4.69, 9.17) is 0 Å². The number of hydrogen-bond donors (Lipinski definition) is 0. The van der Waals surface area contributed by atoms with Gasteiger partial charge in [-0.1, -0.05) is 0 Å². The van der Waals surface area contributed by atoms with Gasteiger partial charge in [0.15, 0.2) is 0 Å². The molecular formula is C7H15N2+. The number of piperazine rings is 1. The third-order valence-electron chi connectivity index (χ3n) is 2.77. The highest BCUT2D eigenvalue weighted by Gasteiger charge is 2.43. The Kier molecular flexibility index (Phi) is 1.08. The minimum Gasteiger partial charge on any atom is -0.312 e. The van der Waals surface area contributed by atoms with Gasteiger partial charge in [0.2, 0.25) is 0 Å². The Bertz CT molecular complexity index is 108. The zero-order chi connectivity index (χ0) is 6.32. The summed E-state index contributed by atoms with van der Waals surface area (Å²) in [5.74, 6) is 0. The first-order valence-electron chi connectivity index (χ1n) is 3.84. The fourth-order valence-electron chi connectivity index (χ4n) is 1.58. The van der Waals surface area contributed by atoms with E-state index in [2.05, 4.69) is 11.9 Å². The molecule has 2 rings (SSSR count). The van der Waals surface area contributed by atoms with Gasteiger partial charge in [-0.05, 0) is 7.05 Å². The second-order valence-electron chi connectivity index (χ2n) is 3.54. The van der Waals surface area contributed by atoms with Crippen molar-refractivity contribution < 1.29 is 4.48 Å². The number of likely N-dealkylation sites (N-methyl/N-ethyl adjacent to an activating group) is 1. The second kappa shape index (κ2) is 1.70. The van der Waals surface area contributed by atoms with Crippen LogP contribution in [0.15, 0.2) is 0 Å². The van der Waals surface area contributed by atoms with Crippen molar-refractivity contribution in [1.82, 2.24) is 4.90 Å². The largest absolute Gasteiger partial charge is 0.312 e. The van der Waals surface area contributed by atoms with Crippen LogP contribution in [-0.4, -0.2) is 55.7 Å². The molecule has 2 aliphatic rings. The molecule has 9 heavy (non-hydrogen) atoms. The van der Waals surface area contributed by atoms with Crippen LogP contribution in [0.4, 0.5) is 0 Å². The molecule has 2 fully saturated rings. The molecule has 2 saturated heterocycles. The molecule has 0 amide bonds. The zero-order valence-electron chi connectivity index (χ0n) is 6.14. The molecule has 2 aliphatic heterocycles. The maximum absolute atomic E-state index is 2.43. The Balaban J connectivity index is 1.91. The summed E-state index contributed by atoms with van der Waals surface area (Å²) in [5, 5.41) is 0. The average Bonchev–Trinajstić information content (AvgIpc) is 2.60. The molecule has 2 heteroatoms. The predicted molar refractivity (Wildman–Crippen MR) is 37.2 cm³/mol. The molecule has 52 valence electrons. The van der Waals surface area contributed by atoms with Crippen LogP contribution in [-0.2, 0) is 0 Å². The van der Waals surface area contributed by atoms with Gasteiger partial charge >= 0.3 is 0 Å². The van der Waals surface area contributed by atoms with Gasteiger partial charge in [0.05, 0.1) is 13.1 Å². The molecule has 1 spiro atoms. The predicted octanol–water partition coefficient (Wildman–Crippen LogP) is -0.238. The Morgan fingerprint density at radius 1 is 1.00 bits per heavy atom. The highest BCUT2D eigenvalue weighted by atomic mass is 15.5. The summed E-state index contributed by atoms with van der Waals surface area (Å²) in [5.41, 5.74) is 0. The van der Waals surface area contributed by atoms with Crippen LogP contribution in [0.5, 0.6) is 0 Å². The highest BCUT2D eigenvalue weighted by Crippen LogP contribution is 2.22. The van der Waals surface area contributed by atoms with Crippen LogP contribution in [0.25, 0.3) is 0 Å². The van der Waals surface area contributed by atoms with E-state index in [0.29, 0.717) is 0 Å². The third kappa shape index (κ3) is 0.970. The van der Waals surface area contributed by atoms with Crippen LogP contribution >= 0.6 is 0 Å². The molecule has 0 radical (unpaired) electrons. The van der Waals surface area contributed by atoms with E-state index >= 15 is 0 Å². The quantitative estimate of drug-likeness (QED) is 0.321. The standard InChI is InChI=1S/C7H15N2/c1-8-2-4-9(5-3-8)6-7-9/h2-7H2,1H3/q+1. The minimum absolute atomic E-state index is 1.32. The summed E-state index contributed by atoms with van der Waals surface area (Å²) >= 11 is 0. The van der Waals surface area contributed by atoms with Crippen molar-refractivity contribution in [2.45, 2.75) is 0 Å². The monoisotopic (exact) mass is 127 g/mol. The van der Waals surface area contributed by atoms with Crippen molar-refractivity contribution in [2.75, 3.05) is 46.3 Å². The van der Waals surface area contributed by atoms with E-state index in [1.54, 1.807) is 0 Å². The molecule has 2 heterocycles. The normalized spacial score (nSPS) is 33.0. The lowest BCUT2D eigenvalue weighted by Crippen LogP contribution is -2.46. The summed E-state index contributed by atoms with van der Waals surface area (Å²) in [7, 11) is 2.22. The van der Waals surface area contributed by atoms with Gasteiger partial charge in [0.1, 0.15) is 13.1 Å². The molecule has 0 aromatic carbocycles. The lowest BCUT2D eigenvalue weighted by molar-refractivity contribution is -0.805. The van der Waals surface area contributed by atoms with Crippen molar-refractivity contribution in [3.8, 4) is 0 Å². The summed E-state index contributed by atoms with van der Waals surface area (Å²) in [6.07, 6.45) is 0. The lowest BCUT2D eigenvalue weighted by Gasteiger charge is -2.29. The molecular weight excluding hydrogens is 112 g/mol. The summed E-state index contributed by atoms with van der Waals surface area (Å²) < 4.78 is 1.45. The topological polar surface area (TPSA) is 3.24 Å². The smallest absolute Gasteiger partial charge is 0.129 e. The van der Waals surface area contributed by atoms with Gasteiger partial charge in [-0.15, -0.1) is 0 Å². The molecule has 0 N–H and O–H groups in total. The molecule has 0 saturated carbocycles. The fraction of sp³-hybridized carbons (Fsp3) is 1.00. The highest BCUT2D eigenvalue weighted by molar-refractivity contribution is 4.66.